The summed E-state index contributed by atoms with van der Waals surface area (Å²) in [5, 5.41) is 0. The number of hydrogen-bond donors (Lipinski definition) is 1. The van der Waals surface area contributed by atoms with Gasteiger partial charge in [0.25, 0.3) is 0 Å². The quantitative estimate of drug-likeness (QED) is 0.841. The van der Waals surface area contributed by atoms with E-state index in [1.807, 2.05) is 0 Å². The maximum Gasteiger partial charge on any atom is 0.122 e. The molecular formula is C14H19NO. The number of hydrogen-bond acceptors (Lipinski definition) is 2. The lowest BCUT2D eigenvalue weighted by molar-refractivity contribution is 0.357. The summed E-state index contributed by atoms with van der Waals surface area (Å²) in [7, 11) is 0. The minimum atomic E-state index is 0.214. The molecule has 1 heterocycles. The second-order valence-corrected chi connectivity index (χ2v) is 5.09. The molecule has 2 nitrogen and oxygen atoms in total. The van der Waals surface area contributed by atoms with Crippen LogP contribution in [0.25, 0.3) is 0 Å². The monoisotopic (exact) mass is 217 g/mol. The smallest absolute Gasteiger partial charge is 0.122 e. The normalized spacial score (nSPS) is 20.3. The van der Waals surface area contributed by atoms with Crippen LogP contribution in [0.4, 0.5) is 0 Å². The van der Waals surface area contributed by atoms with E-state index in [0.29, 0.717) is 0 Å². The van der Waals surface area contributed by atoms with Crippen molar-refractivity contribution in [1.82, 2.24) is 0 Å². The number of nitrogens with two attached hydrogens (primary N) is 1. The lowest BCUT2D eigenvalue weighted by Gasteiger charge is -2.12. The van der Waals surface area contributed by atoms with Crippen LogP contribution in [-0.4, -0.2) is 6.61 Å². The molecule has 0 bridgehead atoms. The molecule has 16 heavy (non-hydrogen) atoms. The second-order valence-electron chi connectivity index (χ2n) is 5.09. The van der Waals surface area contributed by atoms with Gasteiger partial charge in [-0.05, 0) is 36.0 Å². The molecule has 0 saturated heterocycles. The van der Waals surface area contributed by atoms with Crippen molar-refractivity contribution in [2.75, 3.05) is 6.61 Å². The van der Waals surface area contributed by atoms with Crippen LogP contribution in [0.3, 0.4) is 0 Å². The minimum Gasteiger partial charge on any atom is -0.493 e. The summed E-state index contributed by atoms with van der Waals surface area (Å²) in [6.45, 7) is 0.829. The highest BCUT2D eigenvalue weighted by Gasteiger charge is 2.22. The first-order valence-electron chi connectivity index (χ1n) is 6.34. The van der Waals surface area contributed by atoms with Crippen molar-refractivity contribution in [3.8, 4) is 5.75 Å². The minimum absolute atomic E-state index is 0.214. The van der Waals surface area contributed by atoms with E-state index >= 15 is 0 Å². The average molecular weight is 217 g/mol. The van der Waals surface area contributed by atoms with Crippen molar-refractivity contribution in [3.63, 3.8) is 0 Å². The Kier molecular flexibility index (Phi) is 2.60. The van der Waals surface area contributed by atoms with Crippen LogP contribution >= 0.6 is 0 Å². The fourth-order valence-corrected chi connectivity index (χ4v) is 2.43. The number of fused-ring (bicyclic) bond motifs is 1. The van der Waals surface area contributed by atoms with Crippen LogP contribution in [-0.2, 0) is 6.42 Å². The van der Waals surface area contributed by atoms with E-state index in [-0.39, 0.29) is 6.04 Å². The summed E-state index contributed by atoms with van der Waals surface area (Å²) in [5.74, 6) is 2.03. The Morgan fingerprint density at radius 3 is 3.06 bits per heavy atom. The molecule has 0 spiro atoms. The SMILES string of the molecule is NC(CCC1CC1)c1ccc2c(c1)CCO2. The lowest BCUT2D eigenvalue weighted by atomic mass is 9.99. The van der Waals surface area contributed by atoms with Crippen molar-refractivity contribution in [1.29, 1.82) is 0 Å². The summed E-state index contributed by atoms with van der Waals surface area (Å²) in [5.41, 5.74) is 8.84. The largest absolute Gasteiger partial charge is 0.493 e. The molecule has 1 saturated carbocycles. The highest BCUT2D eigenvalue weighted by molar-refractivity contribution is 5.40. The zero-order valence-electron chi connectivity index (χ0n) is 9.61. The van der Waals surface area contributed by atoms with E-state index in [0.717, 1.165) is 31.1 Å². The Morgan fingerprint density at radius 2 is 2.25 bits per heavy atom. The van der Waals surface area contributed by atoms with Gasteiger partial charge in [0.15, 0.2) is 0 Å². The van der Waals surface area contributed by atoms with E-state index in [1.54, 1.807) is 0 Å². The van der Waals surface area contributed by atoms with Gasteiger partial charge in [-0.15, -0.1) is 0 Å². The van der Waals surface area contributed by atoms with Gasteiger partial charge in [0, 0.05) is 12.5 Å². The molecule has 1 aliphatic heterocycles. The fraction of sp³-hybridized carbons (Fsp3) is 0.571. The van der Waals surface area contributed by atoms with Crippen LogP contribution in [0.15, 0.2) is 18.2 Å². The zero-order valence-corrected chi connectivity index (χ0v) is 9.61. The molecule has 1 atom stereocenters. The third-order valence-electron chi connectivity index (χ3n) is 3.72. The average Bonchev–Trinajstić information content (AvgIpc) is 3.01. The molecule has 2 N–H and O–H groups in total. The maximum atomic E-state index is 6.22. The third kappa shape index (κ3) is 2.07. The number of ether oxygens (including phenoxy) is 1. The Morgan fingerprint density at radius 1 is 1.38 bits per heavy atom. The first-order valence-corrected chi connectivity index (χ1v) is 6.34. The van der Waals surface area contributed by atoms with Gasteiger partial charge in [0.1, 0.15) is 5.75 Å². The molecule has 86 valence electrons. The molecule has 1 aromatic rings. The van der Waals surface area contributed by atoms with Crippen LogP contribution in [0, 0.1) is 5.92 Å². The summed E-state index contributed by atoms with van der Waals surface area (Å²) >= 11 is 0. The summed E-state index contributed by atoms with van der Waals surface area (Å²) in [6.07, 6.45) is 6.31. The van der Waals surface area contributed by atoms with Gasteiger partial charge in [-0.2, -0.15) is 0 Å². The Hall–Kier alpha value is -1.02. The van der Waals surface area contributed by atoms with E-state index in [9.17, 15) is 0 Å². The molecule has 1 aliphatic carbocycles. The topological polar surface area (TPSA) is 35.2 Å². The first kappa shape index (κ1) is 10.2. The Bertz CT molecular complexity index is 384. The van der Waals surface area contributed by atoms with Crippen LogP contribution in [0.2, 0.25) is 0 Å². The van der Waals surface area contributed by atoms with Gasteiger partial charge in [0.05, 0.1) is 6.61 Å². The van der Waals surface area contributed by atoms with Gasteiger partial charge >= 0.3 is 0 Å². The Labute approximate surface area is 96.8 Å². The first-order chi connectivity index (χ1) is 7.83. The van der Waals surface area contributed by atoms with E-state index in [4.69, 9.17) is 10.5 Å². The van der Waals surface area contributed by atoms with Crippen molar-refractivity contribution in [2.24, 2.45) is 11.7 Å². The van der Waals surface area contributed by atoms with Crippen molar-refractivity contribution < 1.29 is 4.74 Å². The Balaban J connectivity index is 1.67. The second kappa shape index (κ2) is 4.10. The molecule has 1 aromatic carbocycles. The van der Waals surface area contributed by atoms with E-state index in [2.05, 4.69) is 18.2 Å². The molecule has 0 amide bonds. The summed E-state index contributed by atoms with van der Waals surface area (Å²) < 4.78 is 5.50. The van der Waals surface area contributed by atoms with Crippen LogP contribution < -0.4 is 10.5 Å². The van der Waals surface area contributed by atoms with Crippen molar-refractivity contribution >= 4 is 0 Å². The molecule has 1 fully saturated rings. The van der Waals surface area contributed by atoms with E-state index in [1.165, 1.54) is 30.4 Å². The molecule has 0 radical (unpaired) electrons. The van der Waals surface area contributed by atoms with Gasteiger partial charge in [-0.25, -0.2) is 0 Å². The van der Waals surface area contributed by atoms with Gasteiger partial charge < -0.3 is 10.5 Å². The maximum absolute atomic E-state index is 6.22. The van der Waals surface area contributed by atoms with Crippen molar-refractivity contribution in [2.45, 2.75) is 38.1 Å². The summed E-state index contributed by atoms with van der Waals surface area (Å²) in [6, 6.07) is 6.66. The fourth-order valence-electron chi connectivity index (χ4n) is 2.43. The standard InChI is InChI=1S/C14H19NO/c15-13(5-3-10-1-2-10)11-4-6-14-12(9-11)7-8-16-14/h4,6,9-10,13H,1-3,5,7-8,15H2. The van der Waals surface area contributed by atoms with E-state index < -0.39 is 0 Å². The van der Waals surface area contributed by atoms with Gasteiger partial charge in [-0.1, -0.05) is 25.0 Å². The number of benzene rings is 1. The molecular weight excluding hydrogens is 198 g/mol. The number of rotatable bonds is 4. The molecule has 1 unspecified atom stereocenters. The highest BCUT2D eigenvalue weighted by Crippen LogP contribution is 2.36. The summed E-state index contributed by atoms with van der Waals surface area (Å²) in [4.78, 5) is 0. The predicted octanol–water partition coefficient (Wildman–Crippen LogP) is 2.81. The van der Waals surface area contributed by atoms with Gasteiger partial charge in [-0.3, -0.25) is 0 Å². The highest BCUT2D eigenvalue weighted by atomic mass is 16.5. The molecule has 2 aliphatic rings. The third-order valence-corrected chi connectivity index (χ3v) is 3.72. The van der Waals surface area contributed by atoms with Gasteiger partial charge in [0.2, 0.25) is 0 Å². The molecule has 3 rings (SSSR count). The molecule has 0 aromatic heterocycles. The lowest BCUT2D eigenvalue weighted by Crippen LogP contribution is -2.10. The van der Waals surface area contributed by atoms with Crippen LogP contribution in [0.5, 0.6) is 5.75 Å². The zero-order chi connectivity index (χ0) is 11.0. The van der Waals surface area contributed by atoms with Crippen molar-refractivity contribution in [3.05, 3.63) is 29.3 Å². The predicted molar refractivity (Wildman–Crippen MR) is 64.5 cm³/mol. The van der Waals surface area contributed by atoms with Crippen LogP contribution in [0.1, 0.15) is 42.9 Å². The molecule has 2 heteroatoms.